The molecule has 0 atom stereocenters. The molecule has 0 aliphatic heterocycles. The van der Waals surface area contributed by atoms with Crippen LogP contribution >= 0.6 is 7.82 Å². The van der Waals surface area contributed by atoms with Crippen LogP contribution in [0, 0.1) is 0 Å². The number of benzene rings is 1. The Bertz CT molecular complexity index is 419. The molecule has 0 saturated carbocycles. The van der Waals surface area contributed by atoms with Crippen molar-refractivity contribution in [3.63, 3.8) is 0 Å². The molecule has 0 saturated heterocycles. The molecule has 0 N–H and O–H groups in total. The third-order valence-electron chi connectivity index (χ3n) is 2.98. The number of aryl methyl sites for hydroxylation is 1. The maximum atomic E-state index is 10.7. The minimum atomic E-state index is -4.97. The molecule has 0 aliphatic rings. The van der Waals surface area contributed by atoms with Gasteiger partial charge in [-0.25, -0.2) is 0 Å². The average molecular weight is 350 g/mol. The van der Waals surface area contributed by atoms with Crippen molar-refractivity contribution in [1.29, 1.82) is 0 Å². The van der Waals surface area contributed by atoms with Gasteiger partial charge in [0.05, 0.1) is 0 Å². The first-order chi connectivity index (χ1) is 9.03. The summed E-state index contributed by atoms with van der Waals surface area (Å²) in [6.07, 6.45) is 7.74. The topological polar surface area (TPSA) is 72.4 Å². The summed E-state index contributed by atoms with van der Waals surface area (Å²) in [6, 6.07) is 6.81. The number of phosphoric ester groups is 1. The number of phosphoric acid groups is 1. The number of unbranched alkanes of at least 4 members (excludes halogenated alkanes) is 5. The van der Waals surface area contributed by atoms with Gasteiger partial charge < -0.3 is 18.9 Å². The van der Waals surface area contributed by atoms with Crippen molar-refractivity contribution in [3.05, 3.63) is 29.8 Å². The quantitative estimate of drug-likeness (QED) is 0.390. The van der Waals surface area contributed by atoms with Gasteiger partial charge >= 0.3 is 19.5 Å². The Morgan fingerprint density at radius 3 is 2.30 bits per heavy atom. The number of hydrogen-bond donors (Lipinski definition) is 0. The SMILES string of the molecule is CCCCCCCCc1ccccc1OP(=O)([O-])[O-].[Zn+2]. The Hall–Kier alpha value is -0.207. The van der Waals surface area contributed by atoms with Crippen LogP contribution in [0.15, 0.2) is 24.3 Å². The summed E-state index contributed by atoms with van der Waals surface area (Å²) in [7, 11) is -4.97. The van der Waals surface area contributed by atoms with Crippen LogP contribution < -0.4 is 14.3 Å². The van der Waals surface area contributed by atoms with E-state index in [4.69, 9.17) is 0 Å². The van der Waals surface area contributed by atoms with Gasteiger partial charge in [-0.05, 0) is 24.5 Å². The molecule has 108 valence electrons. The van der Waals surface area contributed by atoms with E-state index < -0.39 is 7.82 Å². The largest absolute Gasteiger partial charge is 2.00 e. The zero-order valence-electron chi connectivity index (χ0n) is 12.0. The molecule has 4 nitrogen and oxygen atoms in total. The van der Waals surface area contributed by atoms with Crippen LogP contribution in [0.25, 0.3) is 0 Å². The van der Waals surface area contributed by atoms with Crippen molar-refractivity contribution in [1.82, 2.24) is 0 Å². The standard InChI is InChI=1S/C14H23O4P.Zn/c1-2-3-4-5-6-7-10-13-11-8-9-12-14(13)18-19(15,16)17;/h8-9,11-12H,2-7,10H2,1H3,(H2,15,16,17);/q;+2/p-2. The van der Waals surface area contributed by atoms with Gasteiger partial charge in [0.15, 0.2) is 0 Å². The van der Waals surface area contributed by atoms with Crippen molar-refractivity contribution >= 4 is 7.82 Å². The van der Waals surface area contributed by atoms with E-state index in [9.17, 15) is 14.4 Å². The van der Waals surface area contributed by atoms with E-state index in [0.717, 1.165) is 24.8 Å². The molecule has 0 amide bonds. The Balaban J connectivity index is 0.00000361. The molecule has 1 aromatic carbocycles. The van der Waals surface area contributed by atoms with Crippen LogP contribution in [0.5, 0.6) is 5.75 Å². The average Bonchev–Trinajstić information content (AvgIpc) is 2.33. The van der Waals surface area contributed by atoms with E-state index in [2.05, 4.69) is 11.4 Å². The Kier molecular flexibility index (Phi) is 10.4. The van der Waals surface area contributed by atoms with E-state index in [-0.39, 0.29) is 25.2 Å². The smallest absolute Gasteiger partial charge is 0.780 e. The Morgan fingerprint density at radius 1 is 1.05 bits per heavy atom. The summed E-state index contributed by atoms with van der Waals surface area (Å²) in [4.78, 5) is 21.3. The van der Waals surface area contributed by atoms with Crippen molar-refractivity contribution in [2.45, 2.75) is 51.9 Å². The second kappa shape index (κ2) is 10.5. The van der Waals surface area contributed by atoms with Crippen molar-refractivity contribution in [2.24, 2.45) is 0 Å². The van der Waals surface area contributed by atoms with Gasteiger partial charge in [0, 0.05) is 0 Å². The van der Waals surface area contributed by atoms with Gasteiger partial charge in [-0.15, -0.1) is 0 Å². The minimum Gasteiger partial charge on any atom is -0.780 e. The maximum absolute atomic E-state index is 10.7. The molecule has 0 fully saturated rings. The van der Waals surface area contributed by atoms with Gasteiger partial charge in [0.1, 0.15) is 13.6 Å². The van der Waals surface area contributed by atoms with Gasteiger partial charge in [0.25, 0.3) is 0 Å². The zero-order chi connectivity index (χ0) is 14.1. The van der Waals surface area contributed by atoms with Crippen LogP contribution in [-0.4, -0.2) is 0 Å². The maximum Gasteiger partial charge on any atom is 2.00 e. The molecular formula is C14H21O4PZn. The normalized spacial score (nSPS) is 10.9. The molecule has 0 spiro atoms. The molecule has 0 aromatic heterocycles. The Morgan fingerprint density at radius 2 is 1.65 bits per heavy atom. The summed E-state index contributed by atoms with van der Waals surface area (Å²) >= 11 is 0. The summed E-state index contributed by atoms with van der Waals surface area (Å²) in [5.41, 5.74) is 0.782. The molecule has 0 bridgehead atoms. The third kappa shape index (κ3) is 8.86. The second-order valence-electron chi connectivity index (χ2n) is 4.66. The van der Waals surface area contributed by atoms with Crippen LogP contribution in [0.2, 0.25) is 0 Å². The number of rotatable bonds is 9. The van der Waals surface area contributed by atoms with Gasteiger partial charge in [-0.2, -0.15) is 0 Å². The summed E-state index contributed by atoms with van der Waals surface area (Å²) in [6.45, 7) is 2.18. The molecule has 0 heterocycles. The first kappa shape index (κ1) is 19.8. The second-order valence-corrected chi connectivity index (χ2v) is 5.74. The number of para-hydroxylation sites is 1. The molecular weight excluding hydrogens is 329 g/mol. The molecule has 1 rings (SSSR count). The van der Waals surface area contributed by atoms with Crippen molar-refractivity contribution in [3.8, 4) is 5.75 Å². The molecule has 0 radical (unpaired) electrons. The predicted octanol–water partition coefficient (Wildman–Crippen LogP) is 2.79. The van der Waals surface area contributed by atoms with Crippen molar-refractivity contribution < 1.29 is 38.4 Å². The first-order valence-corrected chi connectivity index (χ1v) is 8.28. The molecule has 6 heteroatoms. The van der Waals surface area contributed by atoms with Gasteiger partial charge in [0.2, 0.25) is 0 Å². The predicted molar refractivity (Wildman–Crippen MR) is 71.8 cm³/mol. The van der Waals surface area contributed by atoms with Gasteiger partial charge in [-0.3, -0.25) is 0 Å². The summed E-state index contributed by atoms with van der Waals surface area (Å²) in [5, 5.41) is 0. The number of hydrogen-bond acceptors (Lipinski definition) is 4. The zero-order valence-corrected chi connectivity index (χ0v) is 15.9. The Labute approximate surface area is 133 Å². The molecule has 0 aliphatic carbocycles. The monoisotopic (exact) mass is 348 g/mol. The van der Waals surface area contributed by atoms with Gasteiger partial charge in [-0.1, -0.05) is 57.2 Å². The van der Waals surface area contributed by atoms with E-state index in [1.807, 2.05) is 6.07 Å². The third-order valence-corrected chi connectivity index (χ3v) is 3.40. The van der Waals surface area contributed by atoms with E-state index in [1.165, 1.54) is 31.7 Å². The van der Waals surface area contributed by atoms with E-state index in [0.29, 0.717) is 0 Å². The fourth-order valence-electron chi connectivity index (χ4n) is 2.02. The molecule has 20 heavy (non-hydrogen) atoms. The fourth-order valence-corrected chi connectivity index (χ4v) is 2.43. The van der Waals surface area contributed by atoms with Crippen LogP contribution in [0.1, 0.15) is 51.0 Å². The molecule has 1 aromatic rings. The van der Waals surface area contributed by atoms with E-state index >= 15 is 0 Å². The van der Waals surface area contributed by atoms with Crippen LogP contribution in [-0.2, 0) is 30.5 Å². The van der Waals surface area contributed by atoms with Crippen molar-refractivity contribution in [2.75, 3.05) is 0 Å². The minimum absolute atomic E-state index is 0. The van der Waals surface area contributed by atoms with Crippen LogP contribution in [0.4, 0.5) is 0 Å². The van der Waals surface area contributed by atoms with E-state index in [1.54, 1.807) is 12.1 Å². The summed E-state index contributed by atoms with van der Waals surface area (Å²) < 4.78 is 15.1. The first-order valence-electron chi connectivity index (χ1n) is 6.82. The molecule has 0 unspecified atom stereocenters. The fraction of sp³-hybridized carbons (Fsp3) is 0.571. The van der Waals surface area contributed by atoms with Crippen LogP contribution in [0.3, 0.4) is 0 Å². The summed E-state index contributed by atoms with van der Waals surface area (Å²) in [5.74, 6) is 0.171.